The summed E-state index contributed by atoms with van der Waals surface area (Å²) >= 11 is 3.27. The van der Waals surface area contributed by atoms with Gasteiger partial charge in [0.05, 0.1) is 0 Å². The molecule has 0 saturated carbocycles. The molecule has 0 spiro atoms. The van der Waals surface area contributed by atoms with Crippen LogP contribution in [0.25, 0.3) is 0 Å². The minimum Gasteiger partial charge on any atom is -0.205 e. The van der Waals surface area contributed by atoms with Crippen molar-refractivity contribution in [2.24, 2.45) is 0 Å². The first-order chi connectivity index (χ1) is 7.41. The van der Waals surface area contributed by atoms with Gasteiger partial charge in [0.2, 0.25) is 0 Å². The minimum absolute atomic E-state index is 0.0886. The zero-order chi connectivity index (χ0) is 12.3. The van der Waals surface area contributed by atoms with Crippen LogP contribution in [0.2, 0.25) is 0 Å². The summed E-state index contributed by atoms with van der Waals surface area (Å²) in [6, 6.07) is 3.90. The Balaban J connectivity index is 2.98. The van der Waals surface area contributed by atoms with Crippen molar-refractivity contribution >= 4 is 38.1 Å². The van der Waals surface area contributed by atoms with Crippen molar-refractivity contribution < 1.29 is 4.39 Å². The summed E-state index contributed by atoms with van der Waals surface area (Å²) in [6.07, 6.45) is 0. The highest BCUT2D eigenvalue weighted by molar-refractivity contribution is 8.00. The first kappa shape index (κ1) is 14.3. The molecule has 16 heavy (non-hydrogen) atoms. The van der Waals surface area contributed by atoms with Crippen molar-refractivity contribution in [2.75, 3.05) is 0 Å². The molecule has 0 bridgehead atoms. The molecule has 1 aromatic carbocycles. The second-order valence-electron chi connectivity index (χ2n) is 4.12. The Hall–Kier alpha value is 0.280. The largest absolute Gasteiger partial charge is 0.205 e. The second-order valence-corrected chi connectivity index (χ2v) is 7.94. The summed E-state index contributed by atoms with van der Waals surface area (Å²) in [7, 11) is 2.52. The molecule has 0 nitrogen and oxygen atoms in total. The van der Waals surface area contributed by atoms with Crippen molar-refractivity contribution in [1.82, 2.24) is 0 Å². The fraction of sp³-hybridized carbons (Fsp3) is 0.500. The van der Waals surface area contributed by atoms with Gasteiger partial charge in [0.15, 0.2) is 0 Å². The highest BCUT2D eigenvalue weighted by Crippen LogP contribution is 2.30. The second kappa shape index (κ2) is 6.28. The molecule has 0 heterocycles. The van der Waals surface area contributed by atoms with Crippen LogP contribution in [-0.2, 0) is 0 Å². The van der Waals surface area contributed by atoms with Crippen LogP contribution >= 0.6 is 32.8 Å². The first-order valence-corrected chi connectivity index (χ1v) is 7.66. The van der Waals surface area contributed by atoms with Gasteiger partial charge in [-0.3, -0.25) is 0 Å². The van der Waals surface area contributed by atoms with E-state index in [0.29, 0.717) is 15.8 Å². The van der Waals surface area contributed by atoms with Gasteiger partial charge < -0.3 is 0 Å². The van der Waals surface area contributed by atoms with Gasteiger partial charge in [0.1, 0.15) is 5.82 Å². The van der Waals surface area contributed by atoms with E-state index in [1.165, 1.54) is 0 Å². The molecule has 0 aliphatic carbocycles. The fourth-order valence-corrected chi connectivity index (χ4v) is 3.56. The van der Waals surface area contributed by atoms with E-state index in [1.807, 2.05) is 12.1 Å². The Morgan fingerprint density at radius 2 is 1.44 bits per heavy atom. The van der Waals surface area contributed by atoms with Crippen LogP contribution < -0.4 is 5.30 Å². The van der Waals surface area contributed by atoms with E-state index in [-0.39, 0.29) is 5.82 Å². The minimum atomic E-state index is -0.0886. The van der Waals surface area contributed by atoms with Crippen molar-refractivity contribution in [3.8, 4) is 0 Å². The summed E-state index contributed by atoms with van der Waals surface area (Å²) in [4.78, 5) is 1.76. The molecule has 90 valence electrons. The molecule has 0 aliphatic rings. The highest BCUT2D eigenvalue weighted by Gasteiger charge is 2.12. The van der Waals surface area contributed by atoms with Crippen molar-refractivity contribution in [3.63, 3.8) is 0 Å². The van der Waals surface area contributed by atoms with Gasteiger partial charge in [-0.2, -0.15) is 0 Å². The Labute approximate surface area is 108 Å². The molecular weight excluding hydrogens is 258 g/mol. The summed E-state index contributed by atoms with van der Waals surface area (Å²) in [5.74, 6) is -0.0886. The molecule has 1 unspecified atom stereocenters. The number of hydrogen-bond donors (Lipinski definition) is 0. The number of thioether (sulfide) groups is 2. The van der Waals surface area contributed by atoms with Crippen LogP contribution in [0.5, 0.6) is 0 Å². The van der Waals surface area contributed by atoms with Gasteiger partial charge >= 0.3 is 0 Å². The first-order valence-electron chi connectivity index (χ1n) is 5.33. The molecule has 0 amide bonds. The fourth-order valence-electron chi connectivity index (χ4n) is 1.26. The van der Waals surface area contributed by atoms with E-state index in [4.69, 9.17) is 0 Å². The van der Waals surface area contributed by atoms with E-state index >= 15 is 0 Å². The van der Waals surface area contributed by atoms with E-state index in [2.05, 4.69) is 36.9 Å². The van der Waals surface area contributed by atoms with Gasteiger partial charge in [-0.1, -0.05) is 27.7 Å². The quantitative estimate of drug-likeness (QED) is 0.593. The molecular formula is C12H18FPS2. The third kappa shape index (κ3) is 3.94. The average molecular weight is 276 g/mol. The van der Waals surface area contributed by atoms with Gasteiger partial charge in [-0.15, -0.1) is 32.8 Å². The summed E-state index contributed by atoms with van der Waals surface area (Å²) < 4.78 is 14.0. The van der Waals surface area contributed by atoms with E-state index in [1.54, 1.807) is 23.5 Å². The van der Waals surface area contributed by atoms with Crippen LogP contribution in [0.15, 0.2) is 21.9 Å². The van der Waals surface area contributed by atoms with Crippen LogP contribution in [0, 0.1) is 5.82 Å². The number of hydrogen-bond acceptors (Lipinski definition) is 2. The molecule has 0 N–H and O–H groups in total. The molecule has 1 rings (SSSR count). The van der Waals surface area contributed by atoms with Gasteiger partial charge in [-0.25, -0.2) is 4.39 Å². The van der Waals surface area contributed by atoms with Gasteiger partial charge in [0.25, 0.3) is 0 Å². The summed E-state index contributed by atoms with van der Waals surface area (Å²) in [6.45, 7) is 8.37. The highest BCUT2D eigenvalue weighted by atomic mass is 32.2. The zero-order valence-electron chi connectivity index (χ0n) is 10.1. The Kier molecular flexibility index (Phi) is 5.63. The lowest BCUT2D eigenvalue weighted by molar-refractivity contribution is 0.608. The topological polar surface area (TPSA) is 0 Å². The van der Waals surface area contributed by atoms with E-state index in [9.17, 15) is 4.39 Å². The maximum Gasteiger partial charge on any atom is 0.144 e. The molecule has 1 atom stereocenters. The van der Waals surface area contributed by atoms with Crippen LogP contribution in [0.4, 0.5) is 4.39 Å². The standard InChI is InChI=1S/C12H18FPS2/c1-7(2)15-9-5-6-10(16-8(3)4)12(14)11(9)13/h5-8H,14H2,1-4H3. The zero-order valence-corrected chi connectivity index (χ0v) is 12.9. The maximum absolute atomic E-state index is 14.0. The monoisotopic (exact) mass is 276 g/mol. The van der Waals surface area contributed by atoms with E-state index < -0.39 is 0 Å². The SMILES string of the molecule is CC(C)Sc1ccc(SC(C)C)c(P)c1F. The Morgan fingerprint density at radius 3 is 1.94 bits per heavy atom. The molecule has 1 aromatic rings. The number of rotatable bonds is 4. The van der Waals surface area contributed by atoms with Crippen molar-refractivity contribution in [1.29, 1.82) is 0 Å². The number of halogens is 1. The van der Waals surface area contributed by atoms with Crippen molar-refractivity contribution in [3.05, 3.63) is 17.9 Å². The predicted molar refractivity (Wildman–Crippen MR) is 77.7 cm³/mol. The molecule has 0 aromatic heterocycles. The third-order valence-electron chi connectivity index (χ3n) is 1.83. The molecule has 4 heteroatoms. The smallest absolute Gasteiger partial charge is 0.144 e. The van der Waals surface area contributed by atoms with Crippen molar-refractivity contribution in [2.45, 2.75) is 48.0 Å². The van der Waals surface area contributed by atoms with Crippen LogP contribution in [0.1, 0.15) is 27.7 Å². The molecule has 0 saturated heterocycles. The van der Waals surface area contributed by atoms with Crippen LogP contribution in [-0.4, -0.2) is 10.5 Å². The molecule has 0 radical (unpaired) electrons. The van der Waals surface area contributed by atoms with E-state index in [0.717, 1.165) is 9.79 Å². The molecule has 0 fully saturated rings. The lowest BCUT2D eigenvalue weighted by Crippen LogP contribution is -2.06. The lowest BCUT2D eigenvalue weighted by atomic mass is 10.3. The predicted octanol–water partition coefficient (Wildman–Crippen LogP) is 4.33. The third-order valence-corrected chi connectivity index (χ3v) is 4.73. The van der Waals surface area contributed by atoms with Crippen LogP contribution in [0.3, 0.4) is 0 Å². The molecule has 0 aliphatic heterocycles. The average Bonchev–Trinajstić information content (AvgIpc) is 2.16. The Bertz CT molecular complexity index is 329. The lowest BCUT2D eigenvalue weighted by Gasteiger charge is -2.12. The number of benzene rings is 1. The normalized spacial score (nSPS) is 11.5. The summed E-state index contributed by atoms with van der Waals surface area (Å²) in [5.41, 5.74) is 0. The van der Waals surface area contributed by atoms with Gasteiger partial charge in [-0.05, 0) is 12.1 Å². The maximum atomic E-state index is 14.0. The Morgan fingerprint density at radius 1 is 1.00 bits per heavy atom. The summed E-state index contributed by atoms with van der Waals surface area (Å²) in [5, 5.41) is 1.58. The van der Waals surface area contributed by atoms with Gasteiger partial charge in [0, 0.05) is 25.6 Å².